The van der Waals surface area contributed by atoms with E-state index in [4.69, 9.17) is 14.8 Å². The zero-order valence-corrected chi connectivity index (χ0v) is 22.3. The molecule has 0 aliphatic carbocycles. The SMILES string of the molecule is Cc1ccc(-n2ncc(-c3nc(COc4ccccc4C)nn3-c3nnc(-c4ccccc4)n3C)c2C)cc1. The molecule has 9 nitrogen and oxygen atoms in total. The number of ether oxygens (including phenoxy) is 1. The van der Waals surface area contributed by atoms with Crippen LogP contribution in [0.5, 0.6) is 5.75 Å². The van der Waals surface area contributed by atoms with Crippen molar-refractivity contribution in [2.24, 2.45) is 7.05 Å². The molecule has 3 aromatic carbocycles. The summed E-state index contributed by atoms with van der Waals surface area (Å²) in [6, 6.07) is 26.1. The highest BCUT2D eigenvalue weighted by Gasteiger charge is 2.23. The maximum Gasteiger partial charge on any atom is 0.254 e. The Morgan fingerprint density at radius 3 is 2.28 bits per heavy atom. The molecular weight excluding hydrogens is 488 g/mol. The minimum atomic E-state index is 0.208. The van der Waals surface area contributed by atoms with Crippen molar-refractivity contribution in [3.05, 3.63) is 108 Å². The third-order valence-electron chi connectivity index (χ3n) is 6.70. The first-order valence-electron chi connectivity index (χ1n) is 12.7. The number of hydrogen-bond acceptors (Lipinski definition) is 6. The molecule has 0 N–H and O–H groups in total. The zero-order chi connectivity index (χ0) is 26.9. The average molecular weight is 517 g/mol. The summed E-state index contributed by atoms with van der Waals surface area (Å²) in [4.78, 5) is 4.90. The van der Waals surface area contributed by atoms with Crippen molar-refractivity contribution in [1.29, 1.82) is 0 Å². The Hall–Kier alpha value is -5.05. The lowest BCUT2D eigenvalue weighted by Crippen LogP contribution is -2.08. The van der Waals surface area contributed by atoms with Gasteiger partial charge in [-0.1, -0.05) is 66.2 Å². The molecule has 0 unspecified atom stereocenters. The first-order valence-corrected chi connectivity index (χ1v) is 12.7. The molecule has 0 spiro atoms. The first-order chi connectivity index (χ1) is 19.0. The third-order valence-corrected chi connectivity index (χ3v) is 6.70. The van der Waals surface area contributed by atoms with E-state index in [-0.39, 0.29) is 6.61 Å². The van der Waals surface area contributed by atoms with Crippen LogP contribution in [0.15, 0.2) is 85.1 Å². The highest BCUT2D eigenvalue weighted by molar-refractivity contribution is 5.61. The minimum Gasteiger partial charge on any atom is -0.485 e. The van der Waals surface area contributed by atoms with Crippen LogP contribution in [-0.4, -0.2) is 39.3 Å². The lowest BCUT2D eigenvalue weighted by Gasteiger charge is -2.08. The maximum atomic E-state index is 6.08. The average Bonchev–Trinajstić information content (AvgIpc) is 3.65. The zero-order valence-electron chi connectivity index (χ0n) is 22.3. The number of aryl methyl sites for hydroxylation is 2. The Kier molecular flexibility index (Phi) is 6.24. The summed E-state index contributed by atoms with van der Waals surface area (Å²) in [5, 5.41) is 18.5. The molecule has 6 aromatic rings. The van der Waals surface area contributed by atoms with Gasteiger partial charge in [-0.05, 0) is 44.5 Å². The summed E-state index contributed by atoms with van der Waals surface area (Å²) < 4.78 is 11.6. The molecule has 39 heavy (non-hydrogen) atoms. The van der Waals surface area contributed by atoms with Gasteiger partial charge in [-0.3, -0.25) is 4.57 Å². The van der Waals surface area contributed by atoms with Crippen LogP contribution < -0.4 is 4.74 Å². The molecule has 0 saturated carbocycles. The topological polar surface area (TPSA) is 88.5 Å². The van der Waals surface area contributed by atoms with Crippen molar-refractivity contribution in [2.45, 2.75) is 27.4 Å². The van der Waals surface area contributed by atoms with Gasteiger partial charge in [0, 0.05) is 12.6 Å². The number of aromatic nitrogens is 8. The van der Waals surface area contributed by atoms with Gasteiger partial charge in [-0.25, -0.2) is 9.67 Å². The second-order valence-electron chi connectivity index (χ2n) is 9.46. The summed E-state index contributed by atoms with van der Waals surface area (Å²) in [7, 11) is 1.93. The second kappa shape index (κ2) is 10.0. The molecule has 0 amide bonds. The van der Waals surface area contributed by atoms with Crippen LogP contribution >= 0.6 is 0 Å². The second-order valence-corrected chi connectivity index (χ2v) is 9.46. The fourth-order valence-corrected chi connectivity index (χ4v) is 4.51. The van der Waals surface area contributed by atoms with Gasteiger partial charge >= 0.3 is 0 Å². The molecule has 0 bridgehead atoms. The van der Waals surface area contributed by atoms with Gasteiger partial charge in [0.25, 0.3) is 5.95 Å². The molecule has 0 fully saturated rings. The molecular formula is C30H28N8O. The highest BCUT2D eigenvalue weighted by Crippen LogP contribution is 2.28. The number of benzene rings is 3. The van der Waals surface area contributed by atoms with Gasteiger partial charge in [-0.2, -0.15) is 9.78 Å². The van der Waals surface area contributed by atoms with Gasteiger partial charge in [0.1, 0.15) is 12.4 Å². The van der Waals surface area contributed by atoms with E-state index in [1.165, 1.54) is 5.56 Å². The van der Waals surface area contributed by atoms with E-state index in [1.54, 1.807) is 4.68 Å². The van der Waals surface area contributed by atoms with Crippen molar-refractivity contribution in [3.63, 3.8) is 0 Å². The van der Waals surface area contributed by atoms with E-state index in [1.807, 2.05) is 90.9 Å². The molecule has 0 atom stereocenters. The lowest BCUT2D eigenvalue weighted by atomic mass is 10.2. The van der Waals surface area contributed by atoms with Gasteiger partial charge < -0.3 is 4.74 Å². The number of para-hydroxylation sites is 1. The Bertz CT molecular complexity index is 1750. The lowest BCUT2D eigenvalue weighted by molar-refractivity contribution is 0.294. The Labute approximate surface area is 226 Å². The predicted octanol–water partition coefficient (Wildman–Crippen LogP) is 5.42. The summed E-state index contributed by atoms with van der Waals surface area (Å²) >= 11 is 0. The Morgan fingerprint density at radius 1 is 0.769 bits per heavy atom. The van der Waals surface area contributed by atoms with Crippen LogP contribution in [0.4, 0.5) is 0 Å². The van der Waals surface area contributed by atoms with Crippen LogP contribution in [0.3, 0.4) is 0 Å². The van der Waals surface area contributed by atoms with E-state index in [9.17, 15) is 0 Å². The Morgan fingerprint density at radius 2 is 1.51 bits per heavy atom. The number of hydrogen-bond donors (Lipinski definition) is 0. The van der Waals surface area contributed by atoms with E-state index in [0.29, 0.717) is 17.6 Å². The van der Waals surface area contributed by atoms with Gasteiger partial charge in [0.05, 0.1) is 23.1 Å². The fourth-order valence-electron chi connectivity index (χ4n) is 4.51. The van der Waals surface area contributed by atoms with Crippen molar-refractivity contribution < 1.29 is 4.74 Å². The van der Waals surface area contributed by atoms with Crippen molar-refractivity contribution >= 4 is 0 Å². The summed E-state index contributed by atoms with van der Waals surface area (Å²) in [6.07, 6.45) is 1.82. The normalized spacial score (nSPS) is 11.2. The van der Waals surface area contributed by atoms with E-state index >= 15 is 0 Å². The van der Waals surface area contributed by atoms with Crippen molar-refractivity contribution in [2.75, 3.05) is 0 Å². The van der Waals surface area contributed by atoms with Crippen LogP contribution in [0.2, 0.25) is 0 Å². The number of nitrogens with zero attached hydrogens (tertiary/aromatic N) is 8. The number of rotatable bonds is 7. The standard InChI is InChI=1S/C30H28N8O/c1-20-14-16-24(17-15-20)37-22(3)25(18-31-37)29-32-27(19-39-26-13-9-8-10-21(26)2)35-38(29)30-34-33-28(36(30)4)23-11-6-5-7-12-23/h5-18H,19H2,1-4H3. The summed E-state index contributed by atoms with van der Waals surface area (Å²) in [6.45, 7) is 6.31. The fraction of sp³-hybridized carbons (Fsp3) is 0.167. The molecule has 0 aliphatic rings. The van der Waals surface area contributed by atoms with Gasteiger partial charge in [-0.15, -0.1) is 15.3 Å². The molecule has 0 radical (unpaired) electrons. The summed E-state index contributed by atoms with van der Waals surface area (Å²) in [5.74, 6) is 3.21. The largest absolute Gasteiger partial charge is 0.485 e. The van der Waals surface area contributed by atoms with Gasteiger partial charge in [0.2, 0.25) is 0 Å². The van der Waals surface area contributed by atoms with Crippen LogP contribution in [0.1, 0.15) is 22.6 Å². The van der Waals surface area contributed by atoms with Gasteiger partial charge in [0.15, 0.2) is 17.5 Å². The van der Waals surface area contributed by atoms with Crippen LogP contribution in [0.25, 0.3) is 34.4 Å². The van der Waals surface area contributed by atoms with Crippen LogP contribution in [0, 0.1) is 20.8 Å². The smallest absolute Gasteiger partial charge is 0.254 e. The van der Waals surface area contributed by atoms with Crippen molar-refractivity contribution in [1.82, 2.24) is 39.3 Å². The molecule has 0 aliphatic heterocycles. The molecule has 0 saturated heterocycles. The molecule has 9 heteroatoms. The van der Waals surface area contributed by atoms with E-state index in [2.05, 4.69) is 46.5 Å². The Balaban J connectivity index is 1.43. The van der Waals surface area contributed by atoms with Crippen LogP contribution in [-0.2, 0) is 13.7 Å². The summed E-state index contributed by atoms with van der Waals surface area (Å²) in [5.41, 5.74) is 5.96. The molecule has 194 valence electrons. The molecule has 6 rings (SSSR count). The predicted molar refractivity (Wildman–Crippen MR) is 149 cm³/mol. The minimum absolute atomic E-state index is 0.208. The van der Waals surface area contributed by atoms with Crippen molar-refractivity contribution in [3.8, 4) is 40.2 Å². The van der Waals surface area contributed by atoms with E-state index < -0.39 is 0 Å². The first kappa shape index (κ1) is 24.3. The van der Waals surface area contributed by atoms with E-state index in [0.717, 1.165) is 39.6 Å². The molecule has 3 heterocycles. The quantitative estimate of drug-likeness (QED) is 0.282. The molecule has 3 aromatic heterocycles. The maximum absolute atomic E-state index is 6.08. The monoisotopic (exact) mass is 516 g/mol. The third kappa shape index (κ3) is 4.59. The highest BCUT2D eigenvalue weighted by atomic mass is 16.5.